The molecular weight excluding hydrogens is 317 g/mol. The van der Waals surface area contributed by atoms with Crippen molar-refractivity contribution in [1.29, 1.82) is 0 Å². The minimum atomic E-state index is -0.810. The molecule has 1 unspecified atom stereocenters. The van der Waals surface area contributed by atoms with Gasteiger partial charge >= 0.3 is 13.2 Å². The van der Waals surface area contributed by atoms with Gasteiger partial charge in [0.15, 0.2) is 0 Å². The Kier molecular flexibility index (Phi) is 4.08. The summed E-state index contributed by atoms with van der Waals surface area (Å²) in [6, 6.07) is 8.13. The molecule has 0 bridgehead atoms. The molecule has 0 radical (unpaired) electrons. The Morgan fingerprint density at radius 1 is 1.28 bits per heavy atom. The lowest BCUT2D eigenvalue weighted by Crippen LogP contribution is -2.42. The molecule has 2 saturated heterocycles. The number of amides is 1. The zero-order valence-corrected chi connectivity index (χ0v) is 15.0. The summed E-state index contributed by atoms with van der Waals surface area (Å²) in [5.74, 6) is 0. The fourth-order valence-corrected chi connectivity index (χ4v) is 4.14. The molecule has 1 atom stereocenters. The van der Waals surface area contributed by atoms with Gasteiger partial charge in [0.25, 0.3) is 0 Å². The maximum absolute atomic E-state index is 11.8. The molecule has 6 heteroatoms. The van der Waals surface area contributed by atoms with E-state index in [-0.39, 0.29) is 24.0 Å². The zero-order chi connectivity index (χ0) is 17.7. The minimum Gasteiger partial charge on any atom is -0.465 e. The third-order valence-electron chi connectivity index (χ3n) is 5.83. The standard InChI is InChI=1S/C19H26BNO4/c1-18(2)12-24-20(25-13-18)10-14-5-3-4-6-15(14)16-9-19(7-8-19)11-21(16)17(22)23/h3-6,16H,7-13H2,1-2H3,(H,22,23). The topological polar surface area (TPSA) is 59.0 Å². The summed E-state index contributed by atoms with van der Waals surface area (Å²) in [6.07, 6.45) is 3.10. The highest BCUT2D eigenvalue weighted by molar-refractivity contribution is 6.44. The molecule has 2 aliphatic heterocycles. The van der Waals surface area contributed by atoms with Crippen molar-refractivity contribution in [2.45, 2.75) is 45.5 Å². The summed E-state index contributed by atoms with van der Waals surface area (Å²) < 4.78 is 11.8. The number of rotatable bonds is 3. The summed E-state index contributed by atoms with van der Waals surface area (Å²) in [5, 5.41) is 9.65. The monoisotopic (exact) mass is 343 g/mol. The molecule has 1 aliphatic carbocycles. The first-order valence-corrected chi connectivity index (χ1v) is 9.18. The first kappa shape index (κ1) is 16.9. The van der Waals surface area contributed by atoms with Crippen LogP contribution < -0.4 is 0 Å². The second-order valence-electron chi connectivity index (χ2n) is 8.75. The van der Waals surface area contributed by atoms with E-state index < -0.39 is 6.09 Å². The maximum atomic E-state index is 11.8. The molecule has 0 aromatic heterocycles. The maximum Gasteiger partial charge on any atom is 0.461 e. The first-order chi connectivity index (χ1) is 11.9. The second-order valence-corrected chi connectivity index (χ2v) is 8.75. The zero-order valence-electron chi connectivity index (χ0n) is 15.0. The number of carboxylic acid groups (broad SMARTS) is 1. The average Bonchev–Trinajstić information content (AvgIpc) is 3.21. The van der Waals surface area contributed by atoms with E-state index >= 15 is 0 Å². The summed E-state index contributed by atoms with van der Waals surface area (Å²) in [4.78, 5) is 13.4. The van der Waals surface area contributed by atoms with Gasteiger partial charge in [0.05, 0.1) is 6.04 Å². The molecule has 25 heavy (non-hydrogen) atoms. The Balaban J connectivity index is 1.54. The highest BCUT2D eigenvalue weighted by Crippen LogP contribution is 2.58. The van der Waals surface area contributed by atoms with Gasteiger partial charge in [-0.05, 0) is 35.8 Å². The molecule has 1 N–H and O–H groups in total. The molecular formula is C19H26BNO4. The van der Waals surface area contributed by atoms with Gasteiger partial charge in [-0.15, -0.1) is 0 Å². The van der Waals surface area contributed by atoms with E-state index in [9.17, 15) is 9.90 Å². The van der Waals surface area contributed by atoms with E-state index in [0.717, 1.165) is 30.4 Å². The Bertz CT molecular complexity index is 663. The minimum absolute atomic E-state index is 0.0452. The van der Waals surface area contributed by atoms with Crippen LogP contribution in [0.1, 0.15) is 50.3 Å². The van der Waals surface area contributed by atoms with Crippen molar-refractivity contribution in [3.8, 4) is 0 Å². The van der Waals surface area contributed by atoms with Gasteiger partial charge < -0.3 is 19.3 Å². The van der Waals surface area contributed by atoms with Crippen LogP contribution >= 0.6 is 0 Å². The van der Waals surface area contributed by atoms with Crippen LogP contribution in [0.15, 0.2) is 24.3 Å². The third-order valence-corrected chi connectivity index (χ3v) is 5.83. The van der Waals surface area contributed by atoms with Gasteiger partial charge in [0.2, 0.25) is 0 Å². The first-order valence-electron chi connectivity index (χ1n) is 9.18. The van der Waals surface area contributed by atoms with Crippen LogP contribution in [0.4, 0.5) is 4.79 Å². The summed E-state index contributed by atoms with van der Waals surface area (Å²) in [7, 11) is -0.247. The summed E-state index contributed by atoms with van der Waals surface area (Å²) >= 11 is 0. The number of benzene rings is 1. The Hall–Kier alpha value is -1.53. The van der Waals surface area contributed by atoms with Crippen LogP contribution in [0, 0.1) is 10.8 Å². The SMILES string of the molecule is CC1(C)COB(Cc2ccccc2C2CC3(CC3)CN2C(=O)O)OC1. The third kappa shape index (κ3) is 3.42. The van der Waals surface area contributed by atoms with Crippen molar-refractivity contribution in [1.82, 2.24) is 4.90 Å². The van der Waals surface area contributed by atoms with Crippen molar-refractivity contribution in [3.63, 3.8) is 0 Å². The fourth-order valence-electron chi connectivity index (χ4n) is 4.14. The molecule has 4 rings (SSSR count). The fraction of sp³-hybridized carbons (Fsp3) is 0.632. The largest absolute Gasteiger partial charge is 0.465 e. The van der Waals surface area contributed by atoms with E-state index in [1.807, 2.05) is 12.1 Å². The van der Waals surface area contributed by atoms with Crippen LogP contribution in [0.3, 0.4) is 0 Å². The summed E-state index contributed by atoms with van der Waals surface area (Å²) in [6.45, 7) is 6.32. The molecule has 1 saturated carbocycles. The van der Waals surface area contributed by atoms with E-state index in [1.165, 1.54) is 0 Å². The lowest BCUT2D eigenvalue weighted by molar-refractivity contribution is 0.0277. The van der Waals surface area contributed by atoms with Gasteiger partial charge in [0, 0.05) is 31.5 Å². The van der Waals surface area contributed by atoms with E-state index in [2.05, 4.69) is 26.0 Å². The van der Waals surface area contributed by atoms with Crippen molar-refractivity contribution in [2.75, 3.05) is 19.8 Å². The Morgan fingerprint density at radius 3 is 2.60 bits per heavy atom. The molecule has 3 aliphatic rings. The lowest BCUT2D eigenvalue weighted by atomic mass is 9.75. The predicted octanol–water partition coefficient (Wildman–Crippen LogP) is 3.53. The van der Waals surface area contributed by atoms with Crippen LogP contribution in [0.5, 0.6) is 0 Å². The van der Waals surface area contributed by atoms with Gasteiger partial charge in [-0.3, -0.25) is 0 Å². The number of likely N-dealkylation sites (tertiary alicyclic amines) is 1. The van der Waals surface area contributed by atoms with Crippen LogP contribution in [-0.2, 0) is 15.6 Å². The molecule has 1 aromatic rings. The van der Waals surface area contributed by atoms with Crippen molar-refractivity contribution < 1.29 is 19.2 Å². The number of hydrogen-bond donors (Lipinski definition) is 1. The van der Waals surface area contributed by atoms with Crippen molar-refractivity contribution in [3.05, 3.63) is 35.4 Å². The molecule has 3 fully saturated rings. The second kappa shape index (κ2) is 6.03. The van der Waals surface area contributed by atoms with Gasteiger partial charge in [-0.25, -0.2) is 4.79 Å². The van der Waals surface area contributed by atoms with Gasteiger partial charge in [-0.1, -0.05) is 38.1 Å². The van der Waals surface area contributed by atoms with E-state index in [1.54, 1.807) is 4.90 Å². The quantitative estimate of drug-likeness (QED) is 0.853. The molecule has 134 valence electrons. The number of carbonyl (C=O) groups is 1. The molecule has 1 spiro atoms. The smallest absolute Gasteiger partial charge is 0.461 e. The van der Waals surface area contributed by atoms with Crippen LogP contribution in [0.2, 0.25) is 0 Å². The predicted molar refractivity (Wildman–Crippen MR) is 95.3 cm³/mol. The molecule has 1 amide bonds. The highest BCUT2D eigenvalue weighted by Gasteiger charge is 2.54. The molecule has 5 nitrogen and oxygen atoms in total. The van der Waals surface area contributed by atoms with E-state index in [0.29, 0.717) is 26.1 Å². The average molecular weight is 343 g/mol. The molecule has 1 aromatic carbocycles. The van der Waals surface area contributed by atoms with Crippen LogP contribution in [-0.4, -0.2) is 43.0 Å². The molecule has 2 heterocycles. The van der Waals surface area contributed by atoms with Gasteiger partial charge in [-0.2, -0.15) is 0 Å². The number of nitrogens with zero attached hydrogens (tertiary/aromatic N) is 1. The normalized spacial score (nSPS) is 26.9. The summed E-state index contributed by atoms with van der Waals surface area (Å²) in [5.41, 5.74) is 2.55. The van der Waals surface area contributed by atoms with Crippen molar-refractivity contribution in [2.24, 2.45) is 10.8 Å². The lowest BCUT2D eigenvalue weighted by Gasteiger charge is -2.33. The van der Waals surface area contributed by atoms with Crippen molar-refractivity contribution >= 4 is 13.2 Å². The highest BCUT2D eigenvalue weighted by atomic mass is 16.6. The Labute approximate surface area is 149 Å². The van der Waals surface area contributed by atoms with Crippen LogP contribution in [0.25, 0.3) is 0 Å². The Morgan fingerprint density at radius 2 is 1.96 bits per heavy atom. The number of hydrogen-bond acceptors (Lipinski definition) is 3. The van der Waals surface area contributed by atoms with E-state index in [4.69, 9.17) is 9.31 Å². The van der Waals surface area contributed by atoms with Gasteiger partial charge in [0.1, 0.15) is 0 Å².